The molecule has 9 heteroatoms. The molecule has 2 aromatic rings. The van der Waals surface area contributed by atoms with Crippen LogP contribution in [-0.2, 0) is 9.47 Å². The predicted octanol–water partition coefficient (Wildman–Crippen LogP) is 2.46. The van der Waals surface area contributed by atoms with Gasteiger partial charge in [0, 0.05) is 63.2 Å². The van der Waals surface area contributed by atoms with Gasteiger partial charge in [0.1, 0.15) is 11.4 Å². The third kappa shape index (κ3) is 4.22. The molecule has 1 aromatic carbocycles. The number of amides is 1. The number of carbonyl (C=O) groups excluding carboxylic acids is 1. The van der Waals surface area contributed by atoms with Crippen LogP contribution in [-0.4, -0.2) is 81.2 Å². The number of ether oxygens (including phenoxy) is 3. The predicted molar refractivity (Wildman–Crippen MR) is 119 cm³/mol. The molecule has 1 spiro atoms. The van der Waals surface area contributed by atoms with Crippen molar-refractivity contribution in [1.29, 1.82) is 0 Å². The summed E-state index contributed by atoms with van der Waals surface area (Å²) in [7, 11) is 1.68. The van der Waals surface area contributed by atoms with Crippen LogP contribution in [0.3, 0.4) is 0 Å². The molecule has 4 heterocycles. The van der Waals surface area contributed by atoms with E-state index in [0.29, 0.717) is 32.0 Å². The summed E-state index contributed by atoms with van der Waals surface area (Å²) in [6.07, 6.45) is 1.45. The summed E-state index contributed by atoms with van der Waals surface area (Å²) in [4.78, 5) is 24.1. The van der Waals surface area contributed by atoms with Gasteiger partial charge in [0.15, 0.2) is 10.9 Å². The zero-order chi connectivity index (χ0) is 21.3. The lowest BCUT2D eigenvalue weighted by molar-refractivity contribution is -0.181. The molecule has 166 valence electrons. The van der Waals surface area contributed by atoms with Crippen LogP contribution in [0.4, 0.5) is 10.8 Å². The number of methoxy groups -OCH3 is 1. The fraction of sp³-hybridized carbons (Fsp3) is 0.545. The highest BCUT2D eigenvalue weighted by molar-refractivity contribution is 7.13. The number of thiazole rings is 1. The number of nitrogens with zero attached hydrogens (tertiary/aromatic N) is 4. The largest absolute Gasteiger partial charge is 0.497 e. The Bertz CT molecular complexity index is 894. The minimum Gasteiger partial charge on any atom is -0.497 e. The van der Waals surface area contributed by atoms with Crippen molar-refractivity contribution in [1.82, 2.24) is 9.88 Å². The number of aromatic nitrogens is 1. The summed E-state index contributed by atoms with van der Waals surface area (Å²) >= 11 is 1.55. The molecule has 0 aliphatic carbocycles. The first-order valence-electron chi connectivity index (χ1n) is 10.8. The Labute approximate surface area is 186 Å². The van der Waals surface area contributed by atoms with E-state index >= 15 is 0 Å². The zero-order valence-corrected chi connectivity index (χ0v) is 18.6. The summed E-state index contributed by atoms with van der Waals surface area (Å²) < 4.78 is 16.8. The van der Waals surface area contributed by atoms with E-state index in [2.05, 4.69) is 26.9 Å². The third-order valence-corrected chi connectivity index (χ3v) is 7.23. The van der Waals surface area contributed by atoms with Crippen LogP contribution in [0.5, 0.6) is 5.75 Å². The molecule has 0 bridgehead atoms. The number of likely N-dealkylation sites (tertiary alicyclic amines) is 1. The smallest absolute Gasteiger partial charge is 0.273 e. The number of benzene rings is 1. The van der Waals surface area contributed by atoms with E-state index < -0.39 is 5.79 Å². The van der Waals surface area contributed by atoms with Crippen molar-refractivity contribution in [3.8, 4) is 5.75 Å². The highest BCUT2D eigenvalue weighted by atomic mass is 32.1. The van der Waals surface area contributed by atoms with Gasteiger partial charge >= 0.3 is 0 Å². The Hall–Kier alpha value is -2.36. The van der Waals surface area contributed by atoms with Crippen LogP contribution in [0.1, 0.15) is 23.3 Å². The number of rotatable bonds is 4. The standard InChI is InChI=1S/C22H28N4O4S/c1-28-18-4-2-17(3-5-18)24-10-12-26(13-11-24)21-23-19(16-31-21)20(27)25-8-6-22(7-9-25)29-14-15-30-22/h2-5,16H,6-15H2,1H3. The molecule has 5 rings (SSSR count). The van der Waals surface area contributed by atoms with Crippen LogP contribution in [0.25, 0.3) is 0 Å². The van der Waals surface area contributed by atoms with Crippen molar-refractivity contribution in [2.45, 2.75) is 18.6 Å². The first kappa shape index (κ1) is 20.5. The highest BCUT2D eigenvalue weighted by Gasteiger charge is 2.41. The summed E-state index contributed by atoms with van der Waals surface area (Å²) in [5.74, 6) is 0.412. The third-order valence-electron chi connectivity index (χ3n) is 6.32. The molecule has 0 saturated carbocycles. The quantitative estimate of drug-likeness (QED) is 0.718. The van der Waals surface area contributed by atoms with E-state index in [-0.39, 0.29) is 5.91 Å². The van der Waals surface area contributed by atoms with E-state index in [9.17, 15) is 4.79 Å². The Morgan fingerprint density at radius 3 is 2.29 bits per heavy atom. The molecule has 31 heavy (non-hydrogen) atoms. The van der Waals surface area contributed by atoms with E-state index in [1.807, 2.05) is 22.4 Å². The Kier molecular flexibility index (Phi) is 5.73. The highest BCUT2D eigenvalue weighted by Crippen LogP contribution is 2.32. The van der Waals surface area contributed by atoms with Crippen molar-refractivity contribution in [3.63, 3.8) is 0 Å². The van der Waals surface area contributed by atoms with E-state index in [0.717, 1.165) is 49.9 Å². The molecule has 3 saturated heterocycles. The second-order valence-corrected chi connectivity index (χ2v) is 8.92. The number of piperazine rings is 1. The van der Waals surface area contributed by atoms with Crippen LogP contribution in [0.15, 0.2) is 29.6 Å². The van der Waals surface area contributed by atoms with Gasteiger partial charge in [0.25, 0.3) is 5.91 Å². The van der Waals surface area contributed by atoms with E-state index in [1.54, 1.807) is 18.4 Å². The molecular weight excluding hydrogens is 416 g/mol. The summed E-state index contributed by atoms with van der Waals surface area (Å²) in [6, 6.07) is 8.18. The lowest BCUT2D eigenvalue weighted by Crippen LogP contribution is -2.47. The van der Waals surface area contributed by atoms with Crippen LogP contribution >= 0.6 is 11.3 Å². The molecule has 0 atom stereocenters. The number of carbonyl (C=O) groups is 1. The lowest BCUT2D eigenvalue weighted by atomic mass is 10.0. The molecule has 3 aliphatic rings. The van der Waals surface area contributed by atoms with Gasteiger partial charge in [0.05, 0.1) is 20.3 Å². The molecule has 1 amide bonds. The molecule has 0 unspecified atom stereocenters. The molecule has 0 radical (unpaired) electrons. The van der Waals surface area contributed by atoms with Crippen molar-refractivity contribution < 1.29 is 19.0 Å². The number of hydrogen-bond acceptors (Lipinski definition) is 8. The first-order valence-corrected chi connectivity index (χ1v) is 11.7. The van der Waals surface area contributed by atoms with Gasteiger partial charge in [0.2, 0.25) is 0 Å². The Balaban J connectivity index is 1.16. The molecule has 3 fully saturated rings. The maximum Gasteiger partial charge on any atom is 0.273 e. The van der Waals surface area contributed by atoms with Gasteiger partial charge in [-0.05, 0) is 24.3 Å². The summed E-state index contributed by atoms with van der Waals surface area (Å²) in [5.41, 5.74) is 1.75. The van der Waals surface area contributed by atoms with Gasteiger partial charge in [-0.1, -0.05) is 0 Å². The van der Waals surface area contributed by atoms with E-state index in [1.165, 1.54) is 5.69 Å². The van der Waals surface area contributed by atoms with Crippen LogP contribution in [0.2, 0.25) is 0 Å². The summed E-state index contributed by atoms with van der Waals surface area (Å²) in [5, 5.41) is 2.81. The van der Waals surface area contributed by atoms with Gasteiger partial charge in [-0.3, -0.25) is 4.79 Å². The fourth-order valence-corrected chi connectivity index (χ4v) is 5.31. The monoisotopic (exact) mass is 444 g/mol. The van der Waals surface area contributed by atoms with Crippen LogP contribution in [0, 0.1) is 0 Å². The second-order valence-electron chi connectivity index (χ2n) is 8.09. The van der Waals surface area contributed by atoms with E-state index in [4.69, 9.17) is 14.2 Å². The first-order chi connectivity index (χ1) is 15.2. The molecular formula is C22H28N4O4S. The van der Waals surface area contributed by atoms with Crippen molar-refractivity contribution in [3.05, 3.63) is 35.3 Å². The van der Waals surface area contributed by atoms with Crippen molar-refractivity contribution >= 4 is 28.1 Å². The van der Waals surface area contributed by atoms with Crippen molar-refractivity contribution in [2.75, 3.05) is 69.4 Å². The van der Waals surface area contributed by atoms with Gasteiger partial charge in [-0.25, -0.2) is 4.98 Å². The number of hydrogen-bond donors (Lipinski definition) is 0. The van der Waals surface area contributed by atoms with Crippen LogP contribution < -0.4 is 14.5 Å². The molecule has 3 aliphatic heterocycles. The Morgan fingerprint density at radius 2 is 1.65 bits per heavy atom. The fourth-order valence-electron chi connectivity index (χ4n) is 4.45. The minimum atomic E-state index is -0.465. The SMILES string of the molecule is COc1ccc(N2CCN(c3nc(C(=O)N4CCC5(CC4)OCCO5)cs3)CC2)cc1. The summed E-state index contributed by atoms with van der Waals surface area (Å²) in [6.45, 7) is 6.19. The average Bonchev–Trinajstić information content (AvgIpc) is 3.50. The lowest BCUT2D eigenvalue weighted by Gasteiger charge is -2.37. The maximum atomic E-state index is 12.9. The maximum absolute atomic E-state index is 12.9. The normalized spacial score (nSPS) is 21.0. The topological polar surface area (TPSA) is 67.4 Å². The molecule has 1 aromatic heterocycles. The average molecular weight is 445 g/mol. The zero-order valence-electron chi connectivity index (χ0n) is 17.8. The second kappa shape index (κ2) is 8.64. The molecule has 8 nitrogen and oxygen atoms in total. The van der Waals surface area contributed by atoms with Crippen molar-refractivity contribution in [2.24, 2.45) is 0 Å². The number of anilines is 2. The Morgan fingerprint density at radius 1 is 1.00 bits per heavy atom. The minimum absolute atomic E-state index is 0.00668. The van der Waals surface area contributed by atoms with Gasteiger partial charge in [-0.2, -0.15) is 0 Å². The number of piperidine rings is 1. The molecule has 0 N–H and O–H groups in total. The van der Waals surface area contributed by atoms with Gasteiger partial charge in [-0.15, -0.1) is 11.3 Å². The van der Waals surface area contributed by atoms with Gasteiger partial charge < -0.3 is 28.9 Å².